The molecule has 0 saturated heterocycles. The Kier molecular flexibility index (Phi) is 1.89. The third kappa shape index (κ3) is 1.25. The Morgan fingerprint density at radius 3 is 2.75 bits per heavy atom. The lowest BCUT2D eigenvalue weighted by atomic mass is 10.0. The Morgan fingerprint density at radius 2 is 2.17 bits per heavy atom. The van der Waals surface area contributed by atoms with Gasteiger partial charge in [-0.2, -0.15) is 0 Å². The number of rotatable bonds is 2. The summed E-state index contributed by atoms with van der Waals surface area (Å²) in [6.45, 7) is 0. The highest BCUT2D eigenvalue weighted by Crippen LogP contribution is 2.44. The lowest BCUT2D eigenvalue weighted by Crippen LogP contribution is -1.90. The molecule has 0 heterocycles. The Morgan fingerprint density at radius 1 is 1.42 bits per heavy atom. The van der Waals surface area contributed by atoms with Crippen LogP contribution in [0.15, 0.2) is 18.2 Å². The predicted octanol–water partition coefficient (Wildman–Crippen LogP) is 2.68. The number of halogens is 1. The van der Waals surface area contributed by atoms with Crippen LogP contribution in [-0.2, 0) is 4.79 Å². The first-order valence-corrected chi connectivity index (χ1v) is 4.37. The molecule has 1 fully saturated rings. The Labute approximate surface area is 76.4 Å². The van der Waals surface area contributed by atoms with Gasteiger partial charge in [-0.15, -0.1) is 0 Å². The summed E-state index contributed by atoms with van der Waals surface area (Å²) in [7, 11) is 0. The van der Waals surface area contributed by atoms with Crippen LogP contribution >= 0.6 is 11.6 Å². The van der Waals surface area contributed by atoms with Gasteiger partial charge in [0, 0.05) is 10.6 Å². The van der Waals surface area contributed by atoms with Gasteiger partial charge in [-0.25, -0.2) is 0 Å². The molecule has 1 aromatic carbocycles. The lowest BCUT2D eigenvalue weighted by Gasteiger charge is -2.03. The van der Waals surface area contributed by atoms with Crippen LogP contribution in [-0.4, -0.2) is 6.29 Å². The molecule has 12 heavy (non-hydrogen) atoms. The SMILES string of the molecule is O=[C]c1cccc(Cl)c1C1CC1. The Balaban J connectivity index is 2.52. The average Bonchev–Trinajstić information content (AvgIpc) is 2.87. The summed E-state index contributed by atoms with van der Waals surface area (Å²) in [6.07, 6.45) is 4.23. The van der Waals surface area contributed by atoms with E-state index in [1.807, 2.05) is 12.4 Å². The first-order chi connectivity index (χ1) is 5.83. The highest BCUT2D eigenvalue weighted by Gasteiger charge is 2.28. The molecule has 1 aliphatic rings. The summed E-state index contributed by atoms with van der Waals surface area (Å²) in [5.74, 6) is 0.509. The second-order valence-corrected chi connectivity index (χ2v) is 3.48. The normalized spacial score (nSPS) is 16.1. The summed E-state index contributed by atoms with van der Waals surface area (Å²) in [5, 5.41) is 0.707. The molecule has 2 heteroatoms. The maximum Gasteiger partial charge on any atom is 0.233 e. The second-order valence-electron chi connectivity index (χ2n) is 3.08. The van der Waals surface area contributed by atoms with E-state index in [2.05, 4.69) is 0 Å². The zero-order valence-corrected chi connectivity index (χ0v) is 7.27. The van der Waals surface area contributed by atoms with Crippen LogP contribution in [0.1, 0.15) is 29.9 Å². The van der Waals surface area contributed by atoms with Crippen molar-refractivity contribution in [2.75, 3.05) is 0 Å². The molecule has 0 aromatic heterocycles. The van der Waals surface area contributed by atoms with Crippen molar-refractivity contribution in [3.05, 3.63) is 34.3 Å². The zero-order valence-electron chi connectivity index (χ0n) is 6.51. The van der Waals surface area contributed by atoms with Gasteiger partial charge in [0.15, 0.2) is 0 Å². The molecular weight excluding hydrogens is 172 g/mol. The van der Waals surface area contributed by atoms with Crippen molar-refractivity contribution >= 4 is 17.9 Å². The summed E-state index contributed by atoms with van der Waals surface area (Å²) in [6, 6.07) is 5.39. The van der Waals surface area contributed by atoms with E-state index < -0.39 is 0 Å². The molecule has 1 radical (unpaired) electrons. The predicted molar refractivity (Wildman–Crippen MR) is 48.2 cm³/mol. The van der Waals surface area contributed by atoms with E-state index in [-0.39, 0.29) is 0 Å². The molecule has 0 amide bonds. The zero-order chi connectivity index (χ0) is 8.55. The highest BCUT2D eigenvalue weighted by atomic mass is 35.5. The van der Waals surface area contributed by atoms with E-state index in [0.717, 1.165) is 18.4 Å². The first-order valence-electron chi connectivity index (χ1n) is 3.99. The fraction of sp³-hybridized carbons (Fsp3) is 0.300. The van der Waals surface area contributed by atoms with Gasteiger partial charge >= 0.3 is 0 Å². The van der Waals surface area contributed by atoms with Gasteiger partial charge in [0.2, 0.25) is 6.29 Å². The van der Waals surface area contributed by atoms with Crippen LogP contribution in [0, 0.1) is 0 Å². The van der Waals surface area contributed by atoms with Crippen LogP contribution < -0.4 is 0 Å². The molecule has 61 valence electrons. The molecule has 1 aliphatic carbocycles. The van der Waals surface area contributed by atoms with Crippen LogP contribution in [0.4, 0.5) is 0 Å². The second kappa shape index (κ2) is 2.91. The summed E-state index contributed by atoms with van der Waals surface area (Å²) < 4.78 is 0. The van der Waals surface area contributed by atoms with Crippen LogP contribution in [0.3, 0.4) is 0 Å². The molecule has 2 rings (SSSR count). The monoisotopic (exact) mass is 179 g/mol. The first kappa shape index (κ1) is 7.81. The lowest BCUT2D eigenvalue weighted by molar-refractivity contribution is 0.562. The largest absolute Gasteiger partial charge is 0.285 e. The quantitative estimate of drug-likeness (QED) is 0.682. The minimum atomic E-state index is 0.509. The van der Waals surface area contributed by atoms with Crippen LogP contribution in [0.5, 0.6) is 0 Å². The Hall–Kier alpha value is -0.820. The highest BCUT2D eigenvalue weighted by molar-refractivity contribution is 6.31. The van der Waals surface area contributed by atoms with E-state index in [1.54, 1.807) is 12.1 Å². The third-order valence-electron chi connectivity index (χ3n) is 2.15. The number of hydrogen-bond acceptors (Lipinski definition) is 1. The third-order valence-corrected chi connectivity index (χ3v) is 2.48. The van der Waals surface area contributed by atoms with Gasteiger partial charge in [-0.05, 0) is 30.4 Å². The molecule has 0 N–H and O–H groups in total. The number of carbonyl (C=O) groups excluding carboxylic acids is 1. The molecule has 0 unspecified atom stereocenters. The molecule has 1 aromatic rings. The van der Waals surface area contributed by atoms with Crippen molar-refractivity contribution in [3.63, 3.8) is 0 Å². The van der Waals surface area contributed by atoms with Crippen molar-refractivity contribution in [1.82, 2.24) is 0 Å². The minimum absolute atomic E-state index is 0.509. The summed E-state index contributed by atoms with van der Waals surface area (Å²) in [5.41, 5.74) is 1.62. The van der Waals surface area contributed by atoms with Gasteiger partial charge < -0.3 is 0 Å². The summed E-state index contributed by atoms with van der Waals surface area (Å²) >= 11 is 5.96. The van der Waals surface area contributed by atoms with Gasteiger partial charge in [-0.1, -0.05) is 23.7 Å². The van der Waals surface area contributed by atoms with Crippen molar-refractivity contribution in [2.45, 2.75) is 18.8 Å². The van der Waals surface area contributed by atoms with E-state index in [1.165, 1.54) is 0 Å². The van der Waals surface area contributed by atoms with Gasteiger partial charge in [0.25, 0.3) is 0 Å². The average molecular weight is 180 g/mol. The van der Waals surface area contributed by atoms with Gasteiger partial charge in [-0.3, -0.25) is 4.79 Å². The molecule has 0 atom stereocenters. The van der Waals surface area contributed by atoms with E-state index in [4.69, 9.17) is 11.6 Å². The Bertz CT molecular complexity index is 316. The standard InChI is InChI=1S/C10H8ClO/c11-9-3-1-2-8(6-12)10(9)7-4-5-7/h1-3,7H,4-5H2. The molecular formula is C10H8ClO. The van der Waals surface area contributed by atoms with Crippen molar-refractivity contribution in [3.8, 4) is 0 Å². The molecule has 0 bridgehead atoms. The van der Waals surface area contributed by atoms with E-state index >= 15 is 0 Å². The number of hydrogen-bond donors (Lipinski definition) is 0. The van der Waals surface area contributed by atoms with E-state index in [0.29, 0.717) is 16.5 Å². The van der Waals surface area contributed by atoms with Crippen LogP contribution in [0.25, 0.3) is 0 Å². The maximum absolute atomic E-state index is 10.5. The fourth-order valence-electron chi connectivity index (χ4n) is 1.41. The number of benzene rings is 1. The van der Waals surface area contributed by atoms with Gasteiger partial charge in [0.05, 0.1) is 0 Å². The van der Waals surface area contributed by atoms with E-state index in [9.17, 15) is 4.79 Å². The molecule has 1 nitrogen and oxygen atoms in total. The topological polar surface area (TPSA) is 17.1 Å². The minimum Gasteiger partial charge on any atom is -0.285 e. The fourth-order valence-corrected chi connectivity index (χ4v) is 1.74. The van der Waals surface area contributed by atoms with Crippen molar-refractivity contribution in [2.24, 2.45) is 0 Å². The van der Waals surface area contributed by atoms with Crippen molar-refractivity contribution in [1.29, 1.82) is 0 Å². The molecule has 0 spiro atoms. The van der Waals surface area contributed by atoms with Crippen molar-refractivity contribution < 1.29 is 4.79 Å². The summed E-state index contributed by atoms with van der Waals surface area (Å²) in [4.78, 5) is 10.5. The molecule has 1 saturated carbocycles. The maximum atomic E-state index is 10.5. The smallest absolute Gasteiger partial charge is 0.233 e. The van der Waals surface area contributed by atoms with Crippen LogP contribution in [0.2, 0.25) is 5.02 Å². The van der Waals surface area contributed by atoms with Gasteiger partial charge in [0.1, 0.15) is 0 Å². The molecule has 0 aliphatic heterocycles.